The van der Waals surface area contributed by atoms with E-state index in [9.17, 15) is 14.7 Å². The first-order valence-corrected chi connectivity index (χ1v) is 7.16. The first-order chi connectivity index (χ1) is 9.10. The Kier molecular flexibility index (Phi) is 3.25. The second-order valence-corrected chi connectivity index (χ2v) is 6.21. The first-order valence-electron chi connectivity index (χ1n) is 7.16. The lowest BCUT2D eigenvalue weighted by Crippen LogP contribution is -2.59. The molecule has 0 radical (unpaired) electrons. The van der Waals surface area contributed by atoms with Crippen LogP contribution in [0.5, 0.6) is 0 Å². The number of hydrogen-bond donors (Lipinski definition) is 1. The van der Waals surface area contributed by atoms with Crippen molar-refractivity contribution in [2.24, 2.45) is 17.8 Å². The highest BCUT2D eigenvalue weighted by Gasteiger charge is 2.48. The van der Waals surface area contributed by atoms with Crippen LogP contribution in [0.3, 0.4) is 0 Å². The minimum Gasteiger partial charge on any atom is -0.481 e. The standard InChI is InChI=1S/C14H21NO4/c1-19-10-5-9(6-10)13(16)15-7-8-2-3-12(15)11(4-8)14(17)18/h8-12H,2-7H2,1H3,(H,17,18). The Bertz CT molecular complexity index is 391. The zero-order valence-electron chi connectivity index (χ0n) is 11.2. The van der Waals surface area contributed by atoms with Crippen molar-refractivity contribution in [3.05, 3.63) is 0 Å². The Morgan fingerprint density at radius 2 is 1.95 bits per heavy atom. The Morgan fingerprint density at radius 3 is 2.53 bits per heavy atom. The van der Waals surface area contributed by atoms with E-state index in [2.05, 4.69) is 0 Å². The number of nitrogens with zero attached hydrogens (tertiary/aromatic N) is 1. The van der Waals surface area contributed by atoms with Gasteiger partial charge in [0.25, 0.3) is 0 Å². The summed E-state index contributed by atoms with van der Waals surface area (Å²) in [6.45, 7) is 0.765. The first kappa shape index (κ1) is 12.9. The topological polar surface area (TPSA) is 66.8 Å². The summed E-state index contributed by atoms with van der Waals surface area (Å²) < 4.78 is 5.21. The van der Waals surface area contributed by atoms with Gasteiger partial charge in [-0.1, -0.05) is 0 Å². The fraction of sp³-hybridized carbons (Fsp3) is 0.857. The normalized spacial score (nSPS) is 40.9. The van der Waals surface area contributed by atoms with Crippen molar-refractivity contribution in [3.8, 4) is 0 Å². The van der Waals surface area contributed by atoms with Crippen molar-refractivity contribution < 1.29 is 19.4 Å². The SMILES string of the molecule is COC1CC(C(=O)N2CC3CCC2C(C(=O)O)C3)C1. The van der Waals surface area contributed by atoms with Crippen LogP contribution in [-0.4, -0.2) is 47.7 Å². The quantitative estimate of drug-likeness (QED) is 0.832. The third kappa shape index (κ3) is 2.14. The number of piperidine rings is 2. The maximum Gasteiger partial charge on any atom is 0.308 e. The van der Waals surface area contributed by atoms with Crippen LogP contribution in [-0.2, 0) is 14.3 Å². The summed E-state index contributed by atoms with van der Waals surface area (Å²) in [7, 11) is 1.68. The van der Waals surface area contributed by atoms with Crippen molar-refractivity contribution >= 4 is 11.9 Å². The van der Waals surface area contributed by atoms with Crippen LogP contribution in [0.15, 0.2) is 0 Å². The lowest BCUT2D eigenvalue weighted by molar-refractivity contribution is -0.161. The van der Waals surface area contributed by atoms with Crippen molar-refractivity contribution in [2.75, 3.05) is 13.7 Å². The smallest absolute Gasteiger partial charge is 0.308 e. The van der Waals surface area contributed by atoms with E-state index in [4.69, 9.17) is 4.74 Å². The second-order valence-electron chi connectivity index (χ2n) is 6.21. The summed E-state index contributed by atoms with van der Waals surface area (Å²) in [5.74, 6) is -0.494. The third-order valence-electron chi connectivity index (χ3n) is 5.16. The van der Waals surface area contributed by atoms with Gasteiger partial charge in [-0.05, 0) is 38.0 Å². The highest BCUT2D eigenvalue weighted by molar-refractivity contribution is 5.82. The Hall–Kier alpha value is -1.10. The predicted molar refractivity (Wildman–Crippen MR) is 67.5 cm³/mol. The van der Waals surface area contributed by atoms with Crippen molar-refractivity contribution in [1.82, 2.24) is 4.90 Å². The Morgan fingerprint density at radius 1 is 1.21 bits per heavy atom. The van der Waals surface area contributed by atoms with Gasteiger partial charge >= 0.3 is 5.97 Å². The molecule has 0 aromatic heterocycles. The molecule has 0 spiro atoms. The van der Waals surface area contributed by atoms with E-state index in [1.54, 1.807) is 7.11 Å². The molecule has 5 nitrogen and oxygen atoms in total. The summed E-state index contributed by atoms with van der Waals surface area (Å²) in [6, 6.07) is -0.0726. The monoisotopic (exact) mass is 267 g/mol. The molecule has 106 valence electrons. The third-order valence-corrected chi connectivity index (χ3v) is 5.16. The molecule has 2 saturated heterocycles. The summed E-state index contributed by atoms with van der Waals surface area (Å²) >= 11 is 0. The van der Waals surface area contributed by atoms with Crippen LogP contribution in [0, 0.1) is 17.8 Å². The van der Waals surface area contributed by atoms with Gasteiger partial charge in [-0.3, -0.25) is 9.59 Å². The van der Waals surface area contributed by atoms with Gasteiger partial charge in [-0.25, -0.2) is 0 Å². The fourth-order valence-corrected chi connectivity index (χ4v) is 3.91. The molecule has 1 N–H and O–H groups in total. The number of aliphatic carboxylic acids is 1. The van der Waals surface area contributed by atoms with Crippen molar-refractivity contribution in [3.63, 3.8) is 0 Å². The molecule has 2 heterocycles. The maximum absolute atomic E-state index is 12.5. The van der Waals surface area contributed by atoms with Crippen LogP contribution in [0.4, 0.5) is 0 Å². The molecule has 5 heteroatoms. The molecular formula is C14H21NO4. The molecule has 4 fully saturated rings. The lowest BCUT2D eigenvalue weighted by Gasteiger charge is -2.50. The number of fused-ring (bicyclic) bond motifs is 3. The van der Waals surface area contributed by atoms with Gasteiger partial charge in [0.2, 0.25) is 5.91 Å². The maximum atomic E-state index is 12.5. The number of amides is 1. The van der Waals surface area contributed by atoms with Gasteiger partial charge in [0.15, 0.2) is 0 Å². The average molecular weight is 267 g/mol. The van der Waals surface area contributed by atoms with Crippen molar-refractivity contribution in [2.45, 2.75) is 44.2 Å². The van der Waals surface area contributed by atoms with E-state index >= 15 is 0 Å². The second kappa shape index (κ2) is 4.78. The summed E-state index contributed by atoms with van der Waals surface area (Å²) in [5, 5.41) is 9.29. The van der Waals surface area contributed by atoms with Crippen LogP contribution < -0.4 is 0 Å². The molecule has 2 saturated carbocycles. The molecule has 0 aromatic rings. The number of methoxy groups -OCH3 is 1. The number of rotatable bonds is 3. The number of ether oxygens (including phenoxy) is 1. The zero-order valence-corrected chi connectivity index (χ0v) is 11.2. The van der Waals surface area contributed by atoms with Crippen LogP contribution in [0.1, 0.15) is 32.1 Å². The predicted octanol–water partition coefficient (Wildman–Crippen LogP) is 1.12. The molecule has 2 bridgehead atoms. The number of hydrogen-bond acceptors (Lipinski definition) is 3. The molecule has 4 rings (SSSR count). The number of carboxylic acids is 1. The van der Waals surface area contributed by atoms with E-state index in [0.717, 1.165) is 38.6 Å². The Balaban J connectivity index is 1.68. The van der Waals surface area contributed by atoms with Gasteiger partial charge in [0, 0.05) is 25.6 Å². The largest absolute Gasteiger partial charge is 0.481 e. The average Bonchev–Trinajstić information content (AvgIpc) is 2.37. The van der Waals surface area contributed by atoms with Crippen molar-refractivity contribution in [1.29, 1.82) is 0 Å². The molecule has 4 aliphatic rings. The molecule has 2 aliphatic heterocycles. The Labute approximate surface area is 112 Å². The zero-order chi connectivity index (χ0) is 13.6. The molecule has 1 amide bonds. The molecule has 2 aliphatic carbocycles. The number of carbonyl (C=O) groups excluding carboxylic acids is 1. The minimum absolute atomic E-state index is 0.0544. The van der Waals surface area contributed by atoms with E-state index in [0.29, 0.717) is 5.92 Å². The lowest BCUT2D eigenvalue weighted by atomic mass is 9.71. The minimum atomic E-state index is -0.740. The summed E-state index contributed by atoms with van der Waals surface area (Å²) in [5.41, 5.74) is 0. The van der Waals surface area contributed by atoms with Crippen LogP contribution in [0.2, 0.25) is 0 Å². The van der Waals surface area contributed by atoms with E-state index in [-0.39, 0.29) is 29.9 Å². The molecular weight excluding hydrogens is 246 g/mol. The van der Waals surface area contributed by atoms with E-state index in [1.807, 2.05) is 4.90 Å². The van der Waals surface area contributed by atoms with Gasteiger partial charge in [-0.15, -0.1) is 0 Å². The summed E-state index contributed by atoms with van der Waals surface area (Å²) in [6.07, 6.45) is 4.47. The van der Waals surface area contributed by atoms with Gasteiger partial charge in [-0.2, -0.15) is 0 Å². The number of carboxylic acid groups (broad SMARTS) is 1. The fourth-order valence-electron chi connectivity index (χ4n) is 3.91. The molecule has 3 atom stereocenters. The molecule has 19 heavy (non-hydrogen) atoms. The summed E-state index contributed by atoms with van der Waals surface area (Å²) in [4.78, 5) is 25.7. The number of carbonyl (C=O) groups is 2. The highest BCUT2D eigenvalue weighted by Crippen LogP contribution is 2.41. The van der Waals surface area contributed by atoms with Crippen LogP contribution in [0.25, 0.3) is 0 Å². The molecule has 3 unspecified atom stereocenters. The van der Waals surface area contributed by atoms with Gasteiger partial charge < -0.3 is 14.7 Å². The van der Waals surface area contributed by atoms with Gasteiger partial charge in [0.05, 0.1) is 12.0 Å². The van der Waals surface area contributed by atoms with Crippen LogP contribution >= 0.6 is 0 Å². The highest BCUT2D eigenvalue weighted by atomic mass is 16.5. The molecule has 0 aromatic carbocycles. The van der Waals surface area contributed by atoms with Gasteiger partial charge in [0.1, 0.15) is 0 Å². The van der Waals surface area contributed by atoms with E-state index in [1.165, 1.54) is 0 Å². The van der Waals surface area contributed by atoms with E-state index < -0.39 is 5.97 Å².